The number of ether oxygens (including phenoxy) is 2. The molecule has 0 fully saturated rings. The van der Waals surface area contributed by atoms with Crippen molar-refractivity contribution in [3.8, 4) is 23.0 Å². The van der Waals surface area contributed by atoms with Gasteiger partial charge in [0, 0.05) is 36.4 Å². The Labute approximate surface area is 245 Å². The molecule has 0 saturated carbocycles. The molecule has 11 heteroatoms. The molecule has 0 atom stereocenters. The number of amides is 4. The van der Waals surface area contributed by atoms with Crippen LogP contribution >= 0.6 is 0 Å². The Hall–Kier alpha value is -5.81. The zero-order valence-electron chi connectivity index (χ0n) is 22.1. The summed E-state index contributed by atoms with van der Waals surface area (Å²) in [6.07, 6.45) is 4.71. The number of hydrogen-bond acceptors (Lipinski definition) is 8. The Morgan fingerprint density at radius 3 is 1.14 bits per heavy atom. The SMILES string of the molecule is O=C1C=CC(=O)N1c1cccc(Oc2cccc(S(=O)(=O)c3cccc(Oc4cccc(N5C(=O)C=CC5=O)c4)c3)c2)c1. The number of nitrogens with zero attached hydrogens (tertiary/aromatic N) is 2. The van der Waals surface area contributed by atoms with E-state index in [-0.39, 0.29) is 21.3 Å². The summed E-state index contributed by atoms with van der Waals surface area (Å²) >= 11 is 0. The summed E-state index contributed by atoms with van der Waals surface area (Å²) in [5.41, 5.74) is 0.637. The normalized spacial score (nSPS) is 14.6. The van der Waals surface area contributed by atoms with Gasteiger partial charge in [-0.15, -0.1) is 0 Å². The average Bonchev–Trinajstić information content (AvgIpc) is 3.52. The van der Waals surface area contributed by atoms with Crippen molar-refractivity contribution in [3.05, 3.63) is 121 Å². The number of anilines is 2. The molecule has 0 aliphatic carbocycles. The van der Waals surface area contributed by atoms with Crippen LogP contribution in [0.4, 0.5) is 11.4 Å². The van der Waals surface area contributed by atoms with Crippen molar-refractivity contribution in [1.29, 1.82) is 0 Å². The summed E-state index contributed by atoms with van der Waals surface area (Å²) in [6.45, 7) is 0. The summed E-state index contributed by atoms with van der Waals surface area (Å²) in [7, 11) is -4.01. The monoisotopic (exact) mass is 592 g/mol. The minimum Gasteiger partial charge on any atom is -0.457 e. The van der Waals surface area contributed by atoms with E-state index in [4.69, 9.17) is 9.47 Å². The fourth-order valence-electron chi connectivity index (χ4n) is 4.50. The number of rotatable bonds is 8. The third kappa shape index (κ3) is 5.44. The molecule has 0 saturated heterocycles. The van der Waals surface area contributed by atoms with Gasteiger partial charge in [0.15, 0.2) is 0 Å². The Kier molecular flexibility index (Phi) is 6.92. The van der Waals surface area contributed by atoms with Crippen LogP contribution in [0.2, 0.25) is 0 Å². The van der Waals surface area contributed by atoms with E-state index < -0.39 is 33.5 Å². The highest BCUT2D eigenvalue weighted by atomic mass is 32.2. The fourth-order valence-corrected chi connectivity index (χ4v) is 5.83. The summed E-state index contributed by atoms with van der Waals surface area (Å²) in [5.74, 6) is -0.839. The maximum absolute atomic E-state index is 13.6. The van der Waals surface area contributed by atoms with Crippen LogP contribution in [0, 0.1) is 0 Å². The van der Waals surface area contributed by atoms with E-state index in [0.29, 0.717) is 22.9 Å². The van der Waals surface area contributed by atoms with Crippen LogP contribution in [0.15, 0.2) is 131 Å². The Bertz CT molecular complexity index is 1820. The molecule has 4 amide bonds. The van der Waals surface area contributed by atoms with Gasteiger partial charge in [-0.25, -0.2) is 18.2 Å². The molecule has 212 valence electrons. The largest absolute Gasteiger partial charge is 0.457 e. The second kappa shape index (κ2) is 10.9. The topological polar surface area (TPSA) is 127 Å². The van der Waals surface area contributed by atoms with Gasteiger partial charge in [0.1, 0.15) is 23.0 Å². The van der Waals surface area contributed by atoms with Crippen LogP contribution < -0.4 is 19.3 Å². The van der Waals surface area contributed by atoms with Gasteiger partial charge >= 0.3 is 0 Å². The van der Waals surface area contributed by atoms with E-state index in [1.54, 1.807) is 48.5 Å². The number of hydrogen-bond donors (Lipinski definition) is 0. The molecule has 10 nitrogen and oxygen atoms in total. The molecule has 6 rings (SSSR count). The van der Waals surface area contributed by atoms with Crippen molar-refractivity contribution in [2.45, 2.75) is 9.79 Å². The third-order valence-electron chi connectivity index (χ3n) is 6.47. The van der Waals surface area contributed by atoms with Gasteiger partial charge in [0.2, 0.25) is 9.84 Å². The minimum atomic E-state index is -4.01. The predicted molar refractivity (Wildman–Crippen MR) is 155 cm³/mol. The number of benzene rings is 4. The highest BCUT2D eigenvalue weighted by Crippen LogP contribution is 2.33. The van der Waals surface area contributed by atoms with Gasteiger partial charge in [-0.3, -0.25) is 19.2 Å². The highest BCUT2D eigenvalue weighted by molar-refractivity contribution is 7.91. The van der Waals surface area contributed by atoms with Crippen molar-refractivity contribution in [3.63, 3.8) is 0 Å². The lowest BCUT2D eigenvalue weighted by Gasteiger charge is -2.15. The molecule has 43 heavy (non-hydrogen) atoms. The zero-order valence-corrected chi connectivity index (χ0v) is 22.9. The minimum absolute atomic E-state index is 0.0343. The van der Waals surface area contributed by atoms with Crippen LogP contribution in [0.25, 0.3) is 0 Å². The van der Waals surface area contributed by atoms with Crippen LogP contribution in [-0.2, 0) is 29.0 Å². The van der Waals surface area contributed by atoms with E-state index in [9.17, 15) is 27.6 Å². The summed E-state index contributed by atoms with van der Waals surface area (Å²) in [5, 5.41) is 0. The van der Waals surface area contributed by atoms with Crippen molar-refractivity contribution in [2.24, 2.45) is 0 Å². The number of imide groups is 2. The van der Waals surface area contributed by atoms with Crippen molar-refractivity contribution in [2.75, 3.05) is 9.80 Å². The first-order chi connectivity index (χ1) is 20.7. The first-order valence-corrected chi connectivity index (χ1v) is 14.3. The number of carbonyl (C=O) groups excluding carboxylic acids is 4. The lowest BCUT2D eigenvalue weighted by atomic mass is 10.2. The van der Waals surface area contributed by atoms with E-state index in [1.807, 2.05) is 0 Å². The lowest BCUT2D eigenvalue weighted by Crippen LogP contribution is -2.29. The smallest absolute Gasteiger partial charge is 0.258 e. The maximum Gasteiger partial charge on any atom is 0.258 e. The van der Waals surface area contributed by atoms with Gasteiger partial charge in [-0.2, -0.15) is 0 Å². The zero-order chi connectivity index (χ0) is 30.1. The van der Waals surface area contributed by atoms with Crippen LogP contribution in [0.3, 0.4) is 0 Å². The van der Waals surface area contributed by atoms with Crippen LogP contribution in [-0.4, -0.2) is 32.0 Å². The summed E-state index contributed by atoms with van der Waals surface area (Å²) in [4.78, 5) is 50.1. The quantitative estimate of drug-likeness (QED) is 0.263. The Balaban J connectivity index is 1.21. The molecular weight excluding hydrogens is 572 g/mol. The van der Waals surface area contributed by atoms with E-state index in [1.165, 1.54) is 72.8 Å². The van der Waals surface area contributed by atoms with Gasteiger partial charge in [0.05, 0.1) is 21.2 Å². The van der Waals surface area contributed by atoms with E-state index in [0.717, 1.165) is 9.80 Å². The molecule has 0 unspecified atom stereocenters. The number of sulfone groups is 1. The highest BCUT2D eigenvalue weighted by Gasteiger charge is 2.27. The summed E-state index contributed by atoms with van der Waals surface area (Å²) in [6, 6.07) is 24.5. The van der Waals surface area contributed by atoms with Gasteiger partial charge < -0.3 is 9.47 Å². The van der Waals surface area contributed by atoms with Gasteiger partial charge in [-0.05, 0) is 60.7 Å². The molecule has 0 N–H and O–H groups in total. The maximum atomic E-state index is 13.6. The molecule has 0 aromatic heterocycles. The molecule has 4 aromatic rings. The Morgan fingerprint density at radius 2 is 0.767 bits per heavy atom. The van der Waals surface area contributed by atoms with Crippen molar-refractivity contribution >= 4 is 44.8 Å². The first kappa shape index (κ1) is 27.4. The van der Waals surface area contributed by atoms with E-state index in [2.05, 4.69) is 0 Å². The molecular formula is C32H20N2O8S. The molecule has 2 aliphatic rings. The number of carbonyl (C=O) groups is 4. The van der Waals surface area contributed by atoms with Crippen LogP contribution in [0.5, 0.6) is 23.0 Å². The molecule has 0 radical (unpaired) electrons. The first-order valence-electron chi connectivity index (χ1n) is 12.8. The standard InChI is InChI=1S/C32H20N2O8S/c35-29-13-14-30(36)33(29)21-5-1-7-23(17-21)41-25-9-3-11-27(19-25)43(39,40)28-12-4-10-26(20-28)42-24-8-2-6-22(18-24)34-31(37)15-16-32(34)38/h1-20H. The van der Waals surface area contributed by atoms with Gasteiger partial charge in [0.25, 0.3) is 23.6 Å². The lowest BCUT2D eigenvalue weighted by molar-refractivity contribution is -0.121. The fraction of sp³-hybridized carbons (Fsp3) is 0. The molecule has 2 aliphatic heterocycles. The van der Waals surface area contributed by atoms with Gasteiger partial charge in [-0.1, -0.05) is 24.3 Å². The second-order valence-electron chi connectivity index (χ2n) is 9.34. The second-order valence-corrected chi connectivity index (χ2v) is 11.3. The molecule has 0 bridgehead atoms. The predicted octanol–water partition coefficient (Wildman–Crippen LogP) is 4.96. The molecule has 2 heterocycles. The van der Waals surface area contributed by atoms with E-state index >= 15 is 0 Å². The van der Waals surface area contributed by atoms with Crippen molar-refractivity contribution < 1.29 is 37.1 Å². The van der Waals surface area contributed by atoms with Crippen LogP contribution in [0.1, 0.15) is 0 Å². The summed E-state index contributed by atoms with van der Waals surface area (Å²) < 4.78 is 38.9. The molecule has 0 spiro atoms. The molecule has 4 aromatic carbocycles. The third-order valence-corrected chi connectivity index (χ3v) is 8.22. The van der Waals surface area contributed by atoms with Crippen molar-refractivity contribution in [1.82, 2.24) is 0 Å². The Morgan fingerprint density at radius 1 is 0.442 bits per heavy atom. The average molecular weight is 593 g/mol.